The van der Waals surface area contributed by atoms with E-state index < -0.39 is 0 Å². The van der Waals surface area contributed by atoms with Crippen molar-refractivity contribution in [3.8, 4) is 5.75 Å². The van der Waals surface area contributed by atoms with Crippen molar-refractivity contribution in [2.24, 2.45) is 5.92 Å². The van der Waals surface area contributed by atoms with Gasteiger partial charge in [0.25, 0.3) is 0 Å². The van der Waals surface area contributed by atoms with Crippen molar-refractivity contribution in [3.05, 3.63) is 29.8 Å². The van der Waals surface area contributed by atoms with Crippen molar-refractivity contribution in [2.45, 2.75) is 6.54 Å². The Bertz CT molecular complexity index is 487. The van der Waals surface area contributed by atoms with Crippen molar-refractivity contribution < 1.29 is 9.53 Å². The van der Waals surface area contributed by atoms with Gasteiger partial charge in [-0.25, -0.2) is 0 Å². The first-order chi connectivity index (χ1) is 10.5. The van der Waals surface area contributed by atoms with E-state index in [1.165, 1.54) is 5.56 Å². The third-order valence-electron chi connectivity index (χ3n) is 4.16. The van der Waals surface area contributed by atoms with Gasteiger partial charge >= 0.3 is 0 Å². The molecule has 1 unspecified atom stereocenters. The summed E-state index contributed by atoms with van der Waals surface area (Å²) in [5, 5.41) is 0. The number of methoxy groups -OCH3 is 1. The number of hydrogen-bond donors (Lipinski definition) is 0. The number of carbonyl (C=O) groups is 1. The summed E-state index contributed by atoms with van der Waals surface area (Å²) in [7, 11) is 7.44. The minimum absolute atomic E-state index is 0.0424. The number of likely N-dealkylation sites (N-methyl/N-ethyl adjacent to an activating group) is 1. The number of carbonyl (C=O) groups excluding carboxylic acids is 1. The topological polar surface area (TPSA) is 36.0 Å². The smallest absolute Gasteiger partial charge is 0.227 e. The molecule has 1 aliphatic rings. The van der Waals surface area contributed by atoms with Gasteiger partial charge in [-0.3, -0.25) is 9.69 Å². The fourth-order valence-corrected chi connectivity index (χ4v) is 2.89. The van der Waals surface area contributed by atoms with Crippen molar-refractivity contribution >= 4 is 5.91 Å². The maximum Gasteiger partial charge on any atom is 0.227 e. The Labute approximate surface area is 133 Å². The van der Waals surface area contributed by atoms with Gasteiger partial charge in [0.15, 0.2) is 0 Å². The second-order valence-electron chi connectivity index (χ2n) is 6.28. The average Bonchev–Trinajstić information content (AvgIpc) is 2.69. The average molecular weight is 305 g/mol. The number of hydrogen-bond acceptors (Lipinski definition) is 4. The predicted octanol–water partition coefficient (Wildman–Crippen LogP) is 1.15. The molecule has 0 bridgehead atoms. The van der Waals surface area contributed by atoms with Crippen molar-refractivity contribution in [1.82, 2.24) is 14.7 Å². The lowest BCUT2D eigenvalue weighted by atomic mass is 10.1. The Hall–Kier alpha value is -1.59. The van der Waals surface area contributed by atoms with Crippen LogP contribution in [0.1, 0.15) is 5.56 Å². The highest BCUT2D eigenvalue weighted by Gasteiger charge is 2.27. The van der Waals surface area contributed by atoms with Crippen LogP contribution in [0.2, 0.25) is 0 Å². The van der Waals surface area contributed by atoms with E-state index in [1.807, 2.05) is 26.2 Å². The molecule has 0 aromatic heterocycles. The summed E-state index contributed by atoms with van der Waals surface area (Å²) in [4.78, 5) is 18.7. The molecule has 5 nitrogen and oxygen atoms in total. The lowest BCUT2D eigenvalue weighted by Gasteiger charge is -2.25. The molecule has 1 fully saturated rings. The van der Waals surface area contributed by atoms with Gasteiger partial charge in [-0.1, -0.05) is 12.1 Å². The Kier molecular flexibility index (Phi) is 5.80. The largest absolute Gasteiger partial charge is 0.497 e. The first kappa shape index (κ1) is 16.8. The van der Waals surface area contributed by atoms with Crippen LogP contribution in [0.15, 0.2) is 24.3 Å². The molecule has 0 spiro atoms. The number of rotatable bonds is 4. The molecule has 1 atom stereocenters. The van der Waals surface area contributed by atoms with E-state index in [1.54, 1.807) is 12.0 Å². The number of amides is 1. The van der Waals surface area contributed by atoms with Crippen LogP contribution >= 0.6 is 0 Å². The molecule has 5 heteroatoms. The van der Waals surface area contributed by atoms with Gasteiger partial charge in [0, 0.05) is 46.8 Å². The van der Waals surface area contributed by atoms with Crippen LogP contribution in [0.3, 0.4) is 0 Å². The molecule has 1 aliphatic heterocycles. The molecule has 122 valence electrons. The van der Waals surface area contributed by atoms with Gasteiger partial charge in [0.2, 0.25) is 5.91 Å². The van der Waals surface area contributed by atoms with Crippen LogP contribution in [-0.2, 0) is 11.3 Å². The summed E-state index contributed by atoms with van der Waals surface area (Å²) in [5.41, 5.74) is 1.25. The third-order valence-corrected chi connectivity index (χ3v) is 4.16. The van der Waals surface area contributed by atoms with E-state index in [0.29, 0.717) is 0 Å². The molecular weight excluding hydrogens is 278 g/mol. The Morgan fingerprint density at radius 3 is 2.50 bits per heavy atom. The van der Waals surface area contributed by atoms with E-state index in [9.17, 15) is 4.79 Å². The van der Waals surface area contributed by atoms with Crippen LogP contribution in [0.4, 0.5) is 0 Å². The summed E-state index contributed by atoms with van der Waals surface area (Å²) < 4.78 is 5.20. The molecule has 1 saturated heterocycles. The van der Waals surface area contributed by atoms with E-state index in [-0.39, 0.29) is 11.8 Å². The Morgan fingerprint density at radius 2 is 1.91 bits per heavy atom. The van der Waals surface area contributed by atoms with Gasteiger partial charge in [-0.05, 0) is 24.7 Å². The van der Waals surface area contributed by atoms with E-state index >= 15 is 0 Å². The zero-order valence-electron chi connectivity index (χ0n) is 14.1. The molecule has 1 aromatic rings. The zero-order chi connectivity index (χ0) is 16.1. The molecule has 1 amide bonds. The highest BCUT2D eigenvalue weighted by Crippen LogP contribution is 2.16. The highest BCUT2D eigenvalue weighted by atomic mass is 16.5. The maximum absolute atomic E-state index is 12.3. The SMILES string of the molecule is COc1ccc(CN2CCN(C)CC(C(=O)N(C)C)C2)cc1. The lowest BCUT2D eigenvalue weighted by Crippen LogP contribution is -2.40. The van der Waals surface area contributed by atoms with E-state index in [4.69, 9.17) is 4.74 Å². The minimum Gasteiger partial charge on any atom is -0.497 e. The highest BCUT2D eigenvalue weighted by molar-refractivity contribution is 5.78. The second kappa shape index (κ2) is 7.61. The zero-order valence-corrected chi connectivity index (χ0v) is 14.1. The summed E-state index contributed by atoms with van der Waals surface area (Å²) in [5.74, 6) is 1.13. The van der Waals surface area contributed by atoms with Crippen molar-refractivity contribution in [1.29, 1.82) is 0 Å². The molecule has 0 radical (unpaired) electrons. The van der Waals surface area contributed by atoms with Crippen LogP contribution in [-0.4, -0.2) is 75.0 Å². The molecule has 0 saturated carbocycles. The molecule has 0 N–H and O–H groups in total. The monoisotopic (exact) mass is 305 g/mol. The summed E-state index contributed by atoms with van der Waals surface area (Å²) >= 11 is 0. The normalized spacial score (nSPS) is 20.5. The van der Waals surface area contributed by atoms with Crippen molar-refractivity contribution in [3.63, 3.8) is 0 Å². The lowest BCUT2D eigenvalue weighted by molar-refractivity contribution is -0.133. The van der Waals surface area contributed by atoms with Crippen LogP contribution in [0, 0.1) is 5.92 Å². The Morgan fingerprint density at radius 1 is 1.23 bits per heavy atom. The van der Waals surface area contributed by atoms with Gasteiger partial charge in [-0.2, -0.15) is 0 Å². The quantitative estimate of drug-likeness (QED) is 0.836. The standard InChI is InChI=1S/C17H27N3O2/c1-18(2)17(21)15-12-19(3)9-10-20(13-15)11-14-5-7-16(22-4)8-6-14/h5-8,15H,9-13H2,1-4H3. The number of benzene rings is 1. The molecule has 2 rings (SSSR count). The van der Waals surface area contributed by atoms with E-state index in [0.717, 1.165) is 38.5 Å². The van der Waals surface area contributed by atoms with Crippen LogP contribution in [0.25, 0.3) is 0 Å². The summed E-state index contributed by atoms with van der Waals surface area (Å²) in [6, 6.07) is 8.16. The fourth-order valence-electron chi connectivity index (χ4n) is 2.89. The summed E-state index contributed by atoms with van der Waals surface area (Å²) in [6.07, 6.45) is 0. The van der Waals surface area contributed by atoms with Crippen LogP contribution in [0.5, 0.6) is 5.75 Å². The van der Waals surface area contributed by atoms with Crippen molar-refractivity contribution in [2.75, 3.05) is 54.4 Å². The van der Waals surface area contributed by atoms with Gasteiger partial charge in [-0.15, -0.1) is 0 Å². The first-order valence-electron chi connectivity index (χ1n) is 7.74. The molecule has 1 aromatic carbocycles. The molecular formula is C17H27N3O2. The minimum atomic E-state index is 0.0424. The van der Waals surface area contributed by atoms with Crippen LogP contribution < -0.4 is 4.74 Å². The number of nitrogens with zero attached hydrogens (tertiary/aromatic N) is 3. The fraction of sp³-hybridized carbons (Fsp3) is 0.588. The number of ether oxygens (including phenoxy) is 1. The predicted molar refractivity (Wildman–Crippen MR) is 88.0 cm³/mol. The Balaban J connectivity index is 2.03. The first-order valence-corrected chi connectivity index (χ1v) is 7.74. The third kappa shape index (κ3) is 4.45. The molecule has 0 aliphatic carbocycles. The molecule has 1 heterocycles. The van der Waals surface area contributed by atoms with E-state index in [2.05, 4.69) is 29.0 Å². The summed E-state index contributed by atoms with van der Waals surface area (Å²) in [6.45, 7) is 4.49. The van der Waals surface area contributed by atoms with Gasteiger partial charge in [0.05, 0.1) is 13.0 Å². The van der Waals surface area contributed by atoms with Gasteiger partial charge < -0.3 is 14.5 Å². The van der Waals surface area contributed by atoms with Gasteiger partial charge in [0.1, 0.15) is 5.75 Å². The maximum atomic E-state index is 12.3. The second-order valence-corrected chi connectivity index (χ2v) is 6.28. The molecule has 22 heavy (non-hydrogen) atoms.